The molecule has 0 aliphatic carbocycles. The molecule has 3 nitrogen and oxygen atoms in total. The van der Waals surface area contributed by atoms with E-state index in [0.717, 1.165) is 6.07 Å². The Morgan fingerprint density at radius 2 is 1.79 bits per heavy atom. The number of nitrogens with one attached hydrogen (secondary N) is 1. The fourth-order valence-electron chi connectivity index (χ4n) is 1.82. The predicted octanol–water partition coefficient (Wildman–Crippen LogP) is 2.52. The lowest BCUT2D eigenvalue weighted by molar-refractivity contribution is -0.138. The summed E-state index contributed by atoms with van der Waals surface area (Å²) in [5.41, 5.74) is 3.60. The molecule has 6 heteroatoms. The van der Waals surface area contributed by atoms with Gasteiger partial charge in [0.25, 0.3) is 5.56 Å². The Morgan fingerprint density at radius 1 is 1.16 bits per heavy atom. The molecule has 0 aliphatic heterocycles. The standard InChI is InChI=1S/C13H11F3N2O/c14-13(15,16)10-6-11(8-4-2-1-3-5-8)18-12(19)9(10)7-17/h1-6H,7,17H2,(H,18,19). The van der Waals surface area contributed by atoms with E-state index in [1.165, 1.54) is 0 Å². The van der Waals surface area contributed by atoms with E-state index in [-0.39, 0.29) is 5.69 Å². The smallest absolute Gasteiger partial charge is 0.326 e. The second kappa shape index (κ2) is 4.89. The lowest BCUT2D eigenvalue weighted by atomic mass is 10.0. The molecule has 100 valence electrons. The van der Waals surface area contributed by atoms with Crippen LogP contribution in [0.15, 0.2) is 41.2 Å². The van der Waals surface area contributed by atoms with Crippen molar-refractivity contribution in [3.05, 3.63) is 57.9 Å². The van der Waals surface area contributed by atoms with Gasteiger partial charge in [0.2, 0.25) is 0 Å². The molecule has 0 saturated carbocycles. The highest BCUT2D eigenvalue weighted by Crippen LogP contribution is 2.32. The first-order valence-corrected chi connectivity index (χ1v) is 5.52. The van der Waals surface area contributed by atoms with Crippen molar-refractivity contribution in [3.8, 4) is 11.3 Å². The minimum Gasteiger partial charge on any atom is -0.326 e. The summed E-state index contributed by atoms with van der Waals surface area (Å²) >= 11 is 0. The number of halogens is 3. The van der Waals surface area contributed by atoms with E-state index in [9.17, 15) is 18.0 Å². The SMILES string of the molecule is NCc1c(C(F)(F)F)cc(-c2ccccc2)[nH]c1=O. The second-order valence-corrected chi connectivity index (χ2v) is 3.97. The predicted molar refractivity (Wildman–Crippen MR) is 65.4 cm³/mol. The molecule has 0 saturated heterocycles. The summed E-state index contributed by atoms with van der Waals surface area (Å²) in [6.45, 7) is -0.459. The highest BCUT2D eigenvalue weighted by atomic mass is 19.4. The third-order valence-corrected chi connectivity index (χ3v) is 2.73. The first kappa shape index (κ1) is 13.4. The molecule has 2 rings (SSSR count). The van der Waals surface area contributed by atoms with Crippen LogP contribution in [0.3, 0.4) is 0 Å². The number of H-pyrrole nitrogens is 1. The van der Waals surface area contributed by atoms with E-state index in [1.54, 1.807) is 30.3 Å². The summed E-state index contributed by atoms with van der Waals surface area (Å²) < 4.78 is 38.7. The van der Waals surface area contributed by atoms with E-state index in [0.29, 0.717) is 5.56 Å². The van der Waals surface area contributed by atoms with Crippen LogP contribution in [-0.4, -0.2) is 4.98 Å². The third kappa shape index (κ3) is 2.68. The fraction of sp³-hybridized carbons (Fsp3) is 0.154. The molecule has 0 aliphatic rings. The number of alkyl halides is 3. The van der Waals surface area contributed by atoms with Crippen LogP contribution in [-0.2, 0) is 12.7 Å². The Morgan fingerprint density at radius 3 is 2.32 bits per heavy atom. The first-order chi connectivity index (χ1) is 8.93. The maximum absolute atomic E-state index is 12.9. The van der Waals surface area contributed by atoms with Crippen LogP contribution < -0.4 is 11.3 Å². The van der Waals surface area contributed by atoms with Gasteiger partial charge < -0.3 is 10.7 Å². The van der Waals surface area contributed by atoms with Crippen LogP contribution in [0.2, 0.25) is 0 Å². The highest BCUT2D eigenvalue weighted by Gasteiger charge is 2.34. The largest absolute Gasteiger partial charge is 0.416 e. The fourth-order valence-corrected chi connectivity index (χ4v) is 1.82. The molecule has 0 atom stereocenters. The molecule has 19 heavy (non-hydrogen) atoms. The van der Waals surface area contributed by atoms with E-state index < -0.39 is 29.4 Å². The Balaban J connectivity index is 2.68. The van der Waals surface area contributed by atoms with E-state index in [4.69, 9.17) is 5.73 Å². The van der Waals surface area contributed by atoms with Crippen molar-refractivity contribution in [1.29, 1.82) is 0 Å². The summed E-state index contributed by atoms with van der Waals surface area (Å²) in [7, 11) is 0. The minimum atomic E-state index is -4.60. The Bertz CT molecular complexity index is 633. The van der Waals surface area contributed by atoms with E-state index in [2.05, 4.69) is 4.98 Å². The normalized spacial score (nSPS) is 11.6. The van der Waals surface area contributed by atoms with Gasteiger partial charge in [0, 0.05) is 17.8 Å². The van der Waals surface area contributed by atoms with Crippen LogP contribution >= 0.6 is 0 Å². The van der Waals surface area contributed by atoms with Crippen LogP contribution in [0.25, 0.3) is 11.3 Å². The van der Waals surface area contributed by atoms with Crippen molar-refractivity contribution >= 4 is 0 Å². The number of rotatable bonds is 2. The zero-order valence-electron chi connectivity index (χ0n) is 9.79. The molecule has 3 N–H and O–H groups in total. The van der Waals surface area contributed by atoms with Crippen molar-refractivity contribution in [2.45, 2.75) is 12.7 Å². The Kier molecular flexibility index (Phi) is 3.44. The average molecular weight is 268 g/mol. The molecule has 0 amide bonds. The zero-order valence-corrected chi connectivity index (χ0v) is 9.79. The van der Waals surface area contributed by atoms with Gasteiger partial charge >= 0.3 is 6.18 Å². The van der Waals surface area contributed by atoms with Gasteiger partial charge in [0.05, 0.1) is 5.56 Å². The lowest BCUT2D eigenvalue weighted by Gasteiger charge is -2.13. The number of aromatic amines is 1. The van der Waals surface area contributed by atoms with E-state index >= 15 is 0 Å². The number of hydrogen-bond acceptors (Lipinski definition) is 2. The van der Waals surface area contributed by atoms with Crippen molar-refractivity contribution in [2.24, 2.45) is 5.73 Å². The van der Waals surface area contributed by atoms with Crippen LogP contribution in [0.1, 0.15) is 11.1 Å². The molecule has 1 heterocycles. The number of pyridine rings is 1. The summed E-state index contributed by atoms with van der Waals surface area (Å²) in [6, 6.07) is 9.25. The van der Waals surface area contributed by atoms with Gasteiger partial charge in [-0.15, -0.1) is 0 Å². The molecule has 1 aromatic carbocycles. The third-order valence-electron chi connectivity index (χ3n) is 2.73. The molecular weight excluding hydrogens is 257 g/mol. The number of hydrogen-bond donors (Lipinski definition) is 2. The van der Waals surface area contributed by atoms with Gasteiger partial charge in [0.1, 0.15) is 0 Å². The van der Waals surface area contributed by atoms with Crippen LogP contribution in [0, 0.1) is 0 Å². The van der Waals surface area contributed by atoms with Crippen LogP contribution in [0.5, 0.6) is 0 Å². The summed E-state index contributed by atoms with van der Waals surface area (Å²) in [6.07, 6.45) is -4.60. The molecule has 1 aromatic heterocycles. The molecule has 2 aromatic rings. The summed E-state index contributed by atoms with van der Waals surface area (Å²) in [5.74, 6) is 0. The molecule has 0 radical (unpaired) electrons. The van der Waals surface area contributed by atoms with Gasteiger partial charge in [-0.25, -0.2) is 0 Å². The van der Waals surface area contributed by atoms with Gasteiger partial charge in [-0.2, -0.15) is 13.2 Å². The van der Waals surface area contributed by atoms with Crippen molar-refractivity contribution in [2.75, 3.05) is 0 Å². The van der Waals surface area contributed by atoms with Crippen molar-refractivity contribution in [1.82, 2.24) is 4.98 Å². The molecule has 0 bridgehead atoms. The average Bonchev–Trinajstić information content (AvgIpc) is 2.37. The molecular formula is C13H11F3N2O. The maximum atomic E-state index is 12.9. The Hall–Kier alpha value is -2.08. The number of nitrogens with two attached hydrogens (primary N) is 1. The molecule has 0 fully saturated rings. The highest BCUT2D eigenvalue weighted by molar-refractivity contribution is 5.60. The molecule has 0 spiro atoms. The molecule has 0 unspecified atom stereocenters. The first-order valence-electron chi connectivity index (χ1n) is 5.52. The quantitative estimate of drug-likeness (QED) is 0.879. The van der Waals surface area contributed by atoms with Gasteiger partial charge in [0.15, 0.2) is 0 Å². The second-order valence-electron chi connectivity index (χ2n) is 3.97. The summed E-state index contributed by atoms with van der Waals surface area (Å²) in [4.78, 5) is 14.1. The van der Waals surface area contributed by atoms with Gasteiger partial charge in [-0.05, 0) is 11.6 Å². The van der Waals surface area contributed by atoms with Crippen molar-refractivity contribution < 1.29 is 13.2 Å². The lowest BCUT2D eigenvalue weighted by Crippen LogP contribution is -2.23. The zero-order chi connectivity index (χ0) is 14.0. The number of benzene rings is 1. The minimum absolute atomic E-state index is 0.120. The van der Waals surface area contributed by atoms with Crippen LogP contribution in [0.4, 0.5) is 13.2 Å². The van der Waals surface area contributed by atoms with Gasteiger partial charge in [-0.1, -0.05) is 30.3 Å². The summed E-state index contributed by atoms with van der Waals surface area (Å²) in [5, 5.41) is 0. The van der Waals surface area contributed by atoms with E-state index in [1.807, 2.05) is 0 Å². The number of aromatic nitrogens is 1. The topological polar surface area (TPSA) is 58.9 Å². The maximum Gasteiger partial charge on any atom is 0.416 e. The Labute approximate surface area is 106 Å². The van der Waals surface area contributed by atoms with Gasteiger partial charge in [-0.3, -0.25) is 4.79 Å². The monoisotopic (exact) mass is 268 g/mol. The van der Waals surface area contributed by atoms with Crippen molar-refractivity contribution in [3.63, 3.8) is 0 Å².